The van der Waals surface area contributed by atoms with Gasteiger partial charge in [0.15, 0.2) is 5.76 Å². The van der Waals surface area contributed by atoms with Crippen LogP contribution in [0, 0.1) is 0 Å². The molecule has 7 heteroatoms. The van der Waals surface area contributed by atoms with E-state index in [1.165, 1.54) is 29.2 Å². The van der Waals surface area contributed by atoms with Crippen LogP contribution in [0.2, 0.25) is 0 Å². The molecule has 1 aliphatic heterocycles. The maximum Gasteiger partial charge on any atom is 0.416 e. The molecule has 1 saturated heterocycles. The van der Waals surface area contributed by atoms with Gasteiger partial charge in [0.2, 0.25) is 0 Å². The minimum Gasteiger partial charge on any atom is -0.451 e. The molecular weight excluding hydrogens is 323 g/mol. The molecule has 24 heavy (non-hydrogen) atoms. The highest BCUT2D eigenvalue weighted by molar-refractivity contribution is 5.92. The van der Waals surface area contributed by atoms with Crippen molar-refractivity contribution in [1.82, 2.24) is 4.90 Å². The van der Waals surface area contributed by atoms with E-state index in [0.717, 1.165) is 12.1 Å². The number of carbonyl (C=O) groups is 1. The molecule has 1 amide bonds. The lowest BCUT2D eigenvalue weighted by molar-refractivity contribution is -0.137. The van der Waals surface area contributed by atoms with Crippen LogP contribution in [0.1, 0.15) is 29.0 Å². The Hall–Kier alpha value is -2.28. The molecule has 0 radical (unpaired) electrons. The second-order valence-electron chi connectivity index (χ2n) is 5.79. The smallest absolute Gasteiger partial charge is 0.416 e. The lowest BCUT2D eigenvalue weighted by atomic mass is 10.1. The number of β-amino-alcohol motifs (C(OH)–C–C–N with tert-alkyl or cyclic N) is 1. The third-order valence-corrected chi connectivity index (χ3v) is 3.97. The number of nitrogens with zero attached hydrogens (tertiary/aromatic N) is 1. The van der Waals surface area contributed by atoms with Crippen molar-refractivity contribution in [3.05, 3.63) is 47.7 Å². The van der Waals surface area contributed by atoms with Crippen molar-refractivity contribution in [1.29, 1.82) is 0 Å². The Balaban J connectivity index is 1.82. The van der Waals surface area contributed by atoms with Crippen LogP contribution in [0.3, 0.4) is 0 Å². The first kappa shape index (κ1) is 16.6. The van der Waals surface area contributed by atoms with E-state index < -0.39 is 17.8 Å². The minimum absolute atomic E-state index is 0.0523. The van der Waals surface area contributed by atoms with Gasteiger partial charge < -0.3 is 14.4 Å². The monoisotopic (exact) mass is 339 g/mol. The molecule has 3 rings (SSSR count). The second-order valence-corrected chi connectivity index (χ2v) is 5.79. The summed E-state index contributed by atoms with van der Waals surface area (Å²) in [5, 5.41) is 9.63. The van der Waals surface area contributed by atoms with Crippen molar-refractivity contribution in [2.75, 3.05) is 13.1 Å². The molecular formula is C17H16F3NO3. The van der Waals surface area contributed by atoms with E-state index in [0.29, 0.717) is 19.4 Å². The number of alkyl halides is 3. The van der Waals surface area contributed by atoms with E-state index in [1.54, 1.807) is 0 Å². The van der Waals surface area contributed by atoms with E-state index in [1.807, 2.05) is 0 Å². The number of hydrogen-bond acceptors (Lipinski definition) is 3. The minimum atomic E-state index is -4.44. The van der Waals surface area contributed by atoms with Crippen molar-refractivity contribution in [3.63, 3.8) is 0 Å². The first-order chi connectivity index (χ1) is 11.3. The zero-order valence-corrected chi connectivity index (χ0v) is 12.7. The summed E-state index contributed by atoms with van der Waals surface area (Å²) in [4.78, 5) is 13.8. The van der Waals surface area contributed by atoms with Crippen molar-refractivity contribution in [2.45, 2.75) is 25.1 Å². The van der Waals surface area contributed by atoms with Crippen LogP contribution in [0.4, 0.5) is 13.2 Å². The van der Waals surface area contributed by atoms with Gasteiger partial charge in [-0.05, 0) is 37.1 Å². The van der Waals surface area contributed by atoms with Crippen LogP contribution >= 0.6 is 0 Å². The highest BCUT2D eigenvalue weighted by Crippen LogP contribution is 2.32. The highest BCUT2D eigenvalue weighted by Gasteiger charge is 2.31. The van der Waals surface area contributed by atoms with Crippen molar-refractivity contribution < 1.29 is 27.5 Å². The zero-order chi connectivity index (χ0) is 17.3. The van der Waals surface area contributed by atoms with Crippen molar-refractivity contribution in [3.8, 4) is 11.3 Å². The molecule has 1 unspecified atom stereocenters. The van der Waals surface area contributed by atoms with E-state index in [4.69, 9.17) is 4.42 Å². The van der Waals surface area contributed by atoms with Gasteiger partial charge in [0.1, 0.15) is 5.76 Å². The van der Waals surface area contributed by atoms with E-state index in [-0.39, 0.29) is 29.5 Å². The molecule has 4 nitrogen and oxygen atoms in total. The number of likely N-dealkylation sites (tertiary alicyclic amines) is 1. The lowest BCUT2D eigenvalue weighted by Gasteiger charge is -2.29. The Bertz CT molecular complexity index is 739. The lowest BCUT2D eigenvalue weighted by Crippen LogP contribution is -2.42. The topological polar surface area (TPSA) is 53.7 Å². The van der Waals surface area contributed by atoms with Gasteiger partial charge in [-0.1, -0.05) is 12.1 Å². The Morgan fingerprint density at radius 1 is 1.25 bits per heavy atom. The number of aliphatic hydroxyl groups is 1. The molecule has 0 aliphatic carbocycles. The molecule has 1 atom stereocenters. The summed E-state index contributed by atoms with van der Waals surface area (Å²) >= 11 is 0. The van der Waals surface area contributed by atoms with Gasteiger partial charge in [-0.25, -0.2) is 0 Å². The number of piperidine rings is 1. The third kappa shape index (κ3) is 3.46. The van der Waals surface area contributed by atoms with E-state index in [9.17, 15) is 23.1 Å². The van der Waals surface area contributed by atoms with Gasteiger partial charge in [-0.2, -0.15) is 13.2 Å². The molecule has 2 heterocycles. The molecule has 0 saturated carbocycles. The van der Waals surface area contributed by atoms with Gasteiger partial charge in [-0.15, -0.1) is 0 Å². The zero-order valence-electron chi connectivity index (χ0n) is 12.7. The fraction of sp³-hybridized carbons (Fsp3) is 0.353. The van der Waals surface area contributed by atoms with Gasteiger partial charge in [0, 0.05) is 18.7 Å². The Morgan fingerprint density at radius 3 is 2.75 bits per heavy atom. The average Bonchev–Trinajstić information content (AvgIpc) is 3.03. The standard InChI is InChI=1S/C17H16F3NO3/c18-17(19,20)12-4-1-3-11(9-12)14-6-7-15(24-14)16(23)21-8-2-5-13(22)10-21/h1,3-4,6-7,9,13,22H,2,5,8,10H2. The number of rotatable bonds is 2. The normalized spacial score (nSPS) is 18.7. The molecule has 1 N–H and O–H groups in total. The number of amides is 1. The summed E-state index contributed by atoms with van der Waals surface area (Å²) in [6.07, 6.45) is -3.64. The summed E-state index contributed by atoms with van der Waals surface area (Å²) in [6.45, 7) is 0.758. The number of hydrogen-bond donors (Lipinski definition) is 1. The van der Waals surface area contributed by atoms with Gasteiger partial charge in [0.25, 0.3) is 5.91 Å². The maximum atomic E-state index is 12.8. The number of benzene rings is 1. The molecule has 1 aliphatic rings. The number of carbonyl (C=O) groups excluding carboxylic acids is 1. The molecule has 2 aromatic rings. The Morgan fingerprint density at radius 2 is 2.04 bits per heavy atom. The van der Waals surface area contributed by atoms with Crippen LogP contribution in [0.15, 0.2) is 40.8 Å². The van der Waals surface area contributed by atoms with Gasteiger partial charge in [-0.3, -0.25) is 4.79 Å². The van der Waals surface area contributed by atoms with Crippen LogP contribution in [-0.4, -0.2) is 35.1 Å². The summed E-state index contributed by atoms with van der Waals surface area (Å²) in [5.74, 6) is -0.120. The maximum absolute atomic E-state index is 12.8. The molecule has 1 fully saturated rings. The predicted molar refractivity (Wildman–Crippen MR) is 80.3 cm³/mol. The van der Waals surface area contributed by atoms with Crippen LogP contribution in [-0.2, 0) is 6.18 Å². The summed E-state index contributed by atoms with van der Waals surface area (Å²) in [7, 11) is 0. The van der Waals surface area contributed by atoms with Crippen molar-refractivity contribution in [2.24, 2.45) is 0 Å². The van der Waals surface area contributed by atoms with Gasteiger partial charge in [0.05, 0.1) is 11.7 Å². The largest absolute Gasteiger partial charge is 0.451 e. The first-order valence-electron chi connectivity index (χ1n) is 7.59. The fourth-order valence-corrected chi connectivity index (χ4v) is 2.75. The Kier molecular flexibility index (Phi) is 4.36. The first-order valence-corrected chi connectivity index (χ1v) is 7.59. The number of aliphatic hydroxyl groups excluding tert-OH is 1. The van der Waals surface area contributed by atoms with Crippen molar-refractivity contribution >= 4 is 5.91 Å². The van der Waals surface area contributed by atoms with Crippen LogP contribution < -0.4 is 0 Å². The summed E-state index contributed by atoms with van der Waals surface area (Å²) in [6, 6.07) is 7.67. The molecule has 1 aromatic carbocycles. The SMILES string of the molecule is O=C(c1ccc(-c2cccc(C(F)(F)F)c2)o1)N1CCCC(O)C1. The van der Waals surface area contributed by atoms with E-state index in [2.05, 4.69) is 0 Å². The number of halogens is 3. The van der Waals surface area contributed by atoms with Gasteiger partial charge >= 0.3 is 6.18 Å². The highest BCUT2D eigenvalue weighted by atomic mass is 19.4. The predicted octanol–water partition coefficient (Wildman–Crippen LogP) is 3.56. The fourth-order valence-electron chi connectivity index (χ4n) is 2.75. The summed E-state index contributed by atoms with van der Waals surface area (Å²) in [5.41, 5.74) is -0.522. The molecule has 1 aromatic heterocycles. The van der Waals surface area contributed by atoms with Crippen LogP contribution in [0.5, 0.6) is 0 Å². The van der Waals surface area contributed by atoms with E-state index >= 15 is 0 Å². The Labute approximate surface area is 136 Å². The molecule has 0 spiro atoms. The second kappa shape index (κ2) is 6.32. The molecule has 128 valence electrons. The number of furan rings is 1. The average molecular weight is 339 g/mol. The molecule has 0 bridgehead atoms. The third-order valence-electron chi connectivity index (χ3n) is 3.97. The summed E-state index contributed by atoms with van der Waals surface area (Å²) < 4.78 is 43.8. The van der Waals surface area contributed by atoms with Crippen LogP contribution in [0.25, 0.3) is 11.3 Å². The quantitative estimate of drug-likeness (QED) is 0.910.